The first-order valence-electron chi connectivity index (χ1n) is 8.67. The Morgan fingerprint density at radius 2 is 1.68 bits per heavy atom. The predicted octanol–water partition coefficient (Wildman–Crippen LogP) is 3.69. The standard InChI is InChI=1S/C20H25N3O2/c1-5-15-12-13-16(14(4)21-15)19(24)22-18-11-9-8-10-17(18)20(25)23(6-2)7-3/h8-13H,5-7H2,1-4H3,(H,22,24). The molecular formula is C20H25N3O2. The Kier molecular flexibility index (Phi) is 6.28. The van der Waals surface area contributed by atoms with Crippen molar-refractivity contribution in [3.63, 3.8) is 0 Å². The van der Waals surface area contributed by atoms with Crippen LogP contribution < -0.4 is 5.32 Å². The van der Waals surface area contributed by atoms with Crippen molar-refractivity contribution in [3.05, 3.63) is 58.9 Å². The fourth-order valence-electron chi connectivity index (χ4n) is 2.70. The van der Waals surface area contributed by atoms with Crippen molar-refractivity contribution in [1.82, 2.24) is 9.88 Å². The molecule has 0 aliphatic carbocycles. The van der Waals surface area contributed by atoms with E-state index in [9.17, 15) is 9.59 Å². The van der Waals surface area contributed by atoms with Gasteiger partial charge in [0.05, 0.1) is 22.5 Å². The van der Waals surface area contributed by atoms with Crippen molar-refractivity contribution in [3.8, 4) is 0 Å². The van der Waals surface area contributed by atoms with Gasteiger partial charge in [-0.15, -0.1) is 0 Å². The summed E-state index contributed by atoms with van der Waals surface area (Å²) in [6.45, 7) is 8.97. The highest BCUT2D eigenvalue weighted by Crippen LogP contribution is 2.19. The molecule has 0 saturated heterocycles. The van der Waals surface area contributed by atoms with Crippen molar-refractivity contribution in [1.29, 1.82) is 0 Å². The normalized spacial score (nSPS) is 10.4. The Hall–Kier alpha value is -2.69. The molecule has 0 saturated carbocycles. The van der Waals surface area contributed by atoms with Crippen LogP contribution >= 0.6 is 0 Å². The molecule has 0 spiro atoms. The largest absolute Gasteiger partial charge is 0.339 e. The van der Waals surface area contributed by atoms with Crippen LogP contribution in [0.1, 0.15) is 52.9 Å². The molecule has 0 bridgehead atoms. The molecule has 5 heteroatoms. The number of hydrogen-bond acceptors (Lipinski definition) is 3. The third kappa shape index (κ3) is 4.24. The summed E-state index contributed by atoms with van der Waals surface area (Å²) in [6.07, 6.45) is 0.823. The van der Waals surface area contributed by atoms with Gasteiger partial charge in [-0.2, -0.15) is 0 Å². The van der Waals surface area contributed by atoms with Gasteiger partial charge in [-0.25, -0.2) is 0 Å². The number of nitrogens with zero attached hydrogens (tertiary/aromatic N) is 2. The van der Waals surface area contributed by atoms with E-state index in [4.69, 9.17) is 0 Å². The topological polar surface area (TPSA) is 62.3 Å². The zero-order valence-electron chi connectivity index (χ0n) is 15.3. The van der Waals surface area contributed by atoms with Crippen LogP contribution in [0.3, 0.4) is 0 Å². The predicted molar refractivity (Wildman–Crippen MR) is 100.0 cm³/mol. The molecule has 0 atom stereocenters. The highest BCUT2D eigenvalue weighted by molar-refractivity contribution is 6.09. The second kappa shape index (κ2) is 8.42. The van der Waals surface area contributed by atoms with Gasteiger partial charge in [0, 0.05) is 18.8 Å². The van der Waals surface area contributed by atoms with Crippen LogP contribution in [0.2, 0.25) is 0 Å². The first kappa shape index (κ1) is 18.6. The molecule has 0 radical (unpaired) electrons. The second-order valence-corrected chi connectivity index (χ2v) is 5.77. The number of aromatic nitrogens is 1. The molecule has 1 N–H and O–H groups in total. The number of benzene rings is 1. The summed E-state index contributed by atoms with van der Waals surface area (Å²) in [7, 11) is 0. The number of hydrogen-bond donors (Lipinski definition) is 1. The first-order valence-corrected chi connectivity index (χ1v) is 8.67. The van der Waals surface area contributed by atoms with E-state index in [1.807, 2.05) is 33.8 Å². The van der Waals surface area contributed by atoms with Gasteiger partial charge in [-0.05, 0) is 51.5 Å². The van der Waals surface area contributed by atoms with Crippen LogP contribution in [0.15, 0.2) is 36.4 Å². The van der Waals surface area contributed by atoms with E-state index in [-0.39, 0.29) is 11.8 Å². The highest BCUT2D eigenvalue weighted by atomic mass is 16.2. The molecule has 0 unspecified atom stereocenters. The Labute approximate surface area is 149 Å². The number of rotatable bonds is 6. The number of para-hydroxylation sites is 1. The quantitative estimate of drug-likeness (QED) is 0.873. The fourth-order valence-corrected chi connectivity index (χ4v) is 2.70. The molecule has 1 aromatic carbocycles. The minimum absolute atomic E-state index is 0.0860. The number of aryl methyl sites for hydroxylation is 2. The van der Waals surface area contributed by atoms with Crippen LogP contribution in [-0.4, -0.2) is 34.8 Å². The van der Waals surface area contributed by atoms with Crippen LogP contribution in [-0.2, 0) is 6.42 Å². The van der Waals surface area contributed by atoms with Gasteiger partial charge in [0.2, 0.25) is 0 Å². The van der Waals surface area contributed by atoms with E-state index < -0.39 is 0 Å². The molecule has 0 aliphatic heterocycles. The Balaban J connectivity index is 2.29. The van der Waals surface area contributed by atoms with E-state index >= 15 is 0 Å². The third-order valence-electron chi connectivity index (χ3n) is 4.21. The lowest BCUT2D eigenvalue weighted by molar-refractivity contribution is 0.0774. The maximum absolute atomic E-state index is 12.7. The lowest BCUT2D eigenvalue weighted by Gasteiger charge is -2.20. The molecule has 1 aromatic heterocycles. The average molecular weight is 339 g/mol. The number of carbonyl (C=O) groups excluding carboxylic acids is 2. The second-order valence-electron chi connectivity index (χ2n) is 5.77. The van der Waals surface area contributed by atoms with Gasteiger partial charge in [0.1, 0.15) is 0 Å². The monoisotopic (exact) mass is 339 g/mol. The van der Waals surface area contributed by atoms with Crippen molar-refractivity contribution in [2.45, 2.75) is 34.1 Å². The van der Waals surface area contributed by atoms with Crippen molar-refractivity contribution in [2.24, 2.45) is 0 Å². The van der Waals surface area contributed by atoms with Gasteiger partial charge in [0.15, 0.2) is 0 Å². The molecule has 0 aliphatic rings. The lowest BCUT2D eigenvalue weighted by Crippen LogP contribution is -2.31. The van der Waals surface area contributed by atoms with Crippen molar-refractivity contribution < 1.29 is 9.59 Å². The number of nitrogens with one attached hydrogen (secondary N) is 1. The fraction of sp³-hybridized carbons (Fsp3) is 0.350. The Morgan fingerprint density at radius 3 is 2.28 bits per heavy atom. The summed E-state index contributed by atoms with van der Waals surface area (Å²) in [6, 6.07) is 10.7. The van der Waals surface area contributed by atoms with E-state index in [0.717, 1.165) is 12.1 Å². The summed E-state index contributed by atoms with van der Waals surface area (Å²) in [5.41, 5.74) is 3.16. The van der Waals surface area contributed by atoms with Gasteiger partial charge in [0.25, 0.3) is 11.8 Å². The van der Waals surface area contributed by atoms with Gasteiger partial charge in [-0.3, -0.25) is 14.6 Å². The Bertz CT molecular complexity index is 767. The summed E-state index contributed by atoms with van der Waals surface area (Å²) < 4.78 is 0. The smallest absolute Gasteiger partial charge is 0.257 e. The van der Waals surface area contributed by atoms with Crippen molar-refractivity contribution >= 4 is 17.5 Å². The minimum atomic E-state index is -0.257. The zero-order valence-corrected chi connectivity index (χ0v) is 15.3. The molecule has 2 aromatic rings. The van der Waals surface area contributed by atoms with Gasteiger partial charge < -0.3 is 10.2 Å². The highest BCUT2D eigenvalue weighted by Gasteiger charge is 2.18. The Morgan fingerprint density at radius 1 is 1.00 bits per heavy atom. The molecule has 2 amide bonds. The third-order valence-corrected chi connectivity index (χ3v) is 4.21. The molecular weight excluding hydrogens is 314 g/mol. The van der Waals surface area contributed by atoms with E-state index in [0.29, 0.717) is 35.6 Å². The van der Waals surface area contributed by atoms with Gasteiger partial charge in [-0.1, -0.05) is 19.1 Å². The summed E-state index contributed by atoms with van der Waals surface area (Å²) in [4.78, 5) is 31.5. The number of anilines is 1. The van der Waals surface area contributed by atoms with E-state index in [2.05, 4.69) is 10.3 Å². The molecule has 1 heterocycles. The number of pyridine rings is 1. The average Bonchev–Trinajstić information content (AvgIpc) is 2.62. The van der Waals surface area contributed by atoms with E-state index in [1.165, 1.54) is 0 Å². The SMILES string of the molecule is CCc1ccc(C(=O)Nc2ccccc2C(=O)N(CC)CC)c(C)n1. The summed E-state index contributed by atoms with van der Waals surface area (Å²) in [5, 5.41) is 2.86. The molecule has 0 fully saturated rings. The summed E-state index contributed by atoms with van der Waals surface area (Å²) >= 11 is 0. The molecule has 2 rings (SSSR count). The van der Waals surface area contributed by atoms with Crippen LogP contribution in [0.4, 0.5) is 5.69 Å². The summed E-state index contributed by atoms with van der Waals surface area (Å²) in [5.74, 6) is -0.343. The van der Waals surface area contributed by atoms with Crippen LogP contribution in [0, 0.1) is 6.92 Å². The minimum Gasteiger partial charge on any atom is -0.339 e. The van der Waals surface area contributed by atoms with Crippen LogP contribution in [0.5, 0.6) is 0 Å². The van der Waals surface area contributed by atoms with Gasteiger partial charge >= 0.3 is 0 Å². The maximum atomic E-state index is 12.7. The lowest BCUT2D eigenvalue weighted by atomic mass is 10.1. The number of amides is 2. The molecule has 5 nitrogen and oxygen atoms in total. The number of carbonyl (C=O) groups is 2. The van der Waals surface area contributed by atoms with Crippen molar-refractivity contribution in [2.75, 3.05) is 18.4 Å². The molecule has 25 heavy (non-hydrogen) atoms. The zero-order chi connectivity index (χ0) is 18.4. The van der Waals surface area contributed by atoms with E-state index in [1.54, 1.807) is 35.2 Å². The maximum Gasteiger partial charge on any atom is 0.257 e. The van der Waals surface area contributed by atoms with Crippen LogP contribution in [0.25, 0.3) is 0 Å². The first-order chi connectivity index (χ1) is 12.0. The molecule has 132 valence electrons.